The molecule has 0 spiro atoms. The molecule has 1 unspecified atom stereocenters. The molecule has 2 aromatic carbocycles. The molecule has 148 valence electrons. The van der Waals surface area contributed by atoms with Gasteiger partial charge in [-0.05, 0) is 35.1 Å². The normalized spacial score (nSPS) is 12.9. The summed E-state index contributed by atoms with van der Waals surface area (Å²) in [5, 5.41) is 5.07. The standard InChI is InChI=1S/C21H28N2O3.ClH/c1-14(2)10-19(22)20(24)23-13-18(21(25)26-3)12-15-8-9-16-6-4-5-7-17(16)11-15;/h4-9,11,14,18-19H,10,12-13,22H2,1-3H3,(H,23,24);1H/t18?,19-;/m0./s1. The van der Waals surface area contributed by atoms with Gasteiger partial charge in [-0.1, -0.05) is 56.3 Å². The molecule has 0 aromatic heterocycles. The van der Waals surface area contributed by atoms with Gasteiger partial charge in [-0.3, -0.25) is 9.59 Å². The fourth-order valence-corrected chi connectivity index (χ4v) is 3.03. The molecular formula is C21H29ClN2O3. The van der Waals surface area contributed by atoms with E-state index in [0.29, 0.717) is 18.8 Å². The Labute approximate surface area is 167 Å². The monoisotopic (exact) mass is 392 g/mol. The summed E-state index contributed by atoms with van der Waals surface area (Å²) in [6, 6.07) is 13.6. The Bertz CT molecular complexity index is 764. The number of hydrogen-bond acceptors (Lipinski definition) is 4. The molecule has 0 bridgehead atoms. The number of esters is 1. The first-order valence-corrected chi connectivity index (χ1v) is 8.99. The van der Waals surface area contributed by atoms with E-state index in [2.05, 4.69) is 11.4 Å². The molecule has 0 saturated heterocycles. The SMILES string of the molecule is COC(=O)C(CNC(=O)[C@@H](N)CC(C)C)Cc1ccc2ccccc2c1.Cl. The van der Waals surface area contributed by atoms with E-state index >= 15 is 0 Å². The number of ether oxygens (including phenoxy) is 1. The van der Waals surface area contributed by atoms with Gasteiger partial charge in [-0.15, -0.1) is 12.4 Å². The number of methoxy groups -OCH3 is 1. The fourth-order valence-electron chi connectivity index (χ4n) is 3.03. The van der Waals surface area contributed by atoms with Crippen molar-refractivity contribution in [1.29, 1.82) is 0 Å². The van der Waals surface area contributed by atoms with Crippen molar-refractivity contribution in [2.75, 3.05) is 13.7 Å². The molecule has 2 aromatic rings. The predicted molar refractivity (Wildman–Crippen MR) is 111 cm³/mol. The van der Waals surface area contributed by atoms with Crippen molar-refractivity contribution in [1.82, 2.24) is 5.32 Å². The molecule has 1 amide bonds. The summed E-state index contributed by atoms with van der Waals surface area (Å²) in [5.74, 6) is -0.678. The number of carbonyl (C=O) groups is 2. The lowest BCUT2D eigenvalue weighted by molar-refractivity contribution is -0.145. The number of fused-ring (bicyclic) bond motifs is 1. The first-order valence-electron chi connectivity index (χ1n) is 8.99. The van der Waals surface area contributed by atoms with Gasteiger partial charge < -0.3 is 15.8 Å². The van der Waals surface area contributed by atoms with Crippen molar-refractivity contribution in [2.24, 2.45) is 17.6 Å². The smallest absolute Gasteiger partial charge is 0.310 e. The predicted octanol–water partition coefficient (Wildman–Crippen LogP) is 3.08. The van der Waals surface area contributed by atoms with Crippen LogP contribution in [0.4, 0.5) is 0 Å². The van der Waals surface area contributed by atoms with Crippen LogP contribution in [0.5, 0.6) is 0 Å². The number of nitrogens with two attached hydrogens (primary N) is 1. The Morgan fingerprint density at radius 1 is 1.11 bits per heavy atom. The Morgan fingerprint density at radius 2 is 1.78 bits per heavy atom. The minimum Gasteiger partial charge on any atom is -0.469 e. The average Bonchev–Trinajstić information content (AvgIpc) is 2.63. The Balaban J connectivity index is 0.00000364. The summed E-state index contributed by atoms with van der Waals surface area (Å²) in [4.78, 5) is 24.3. The highest BCUT2D eigenvalue weighted by molar-refractivity contribution is 5.85. The summed E-state index contributed by atoms with van der Waals surface area (Å²) < 4.78 is 4.91. The summed E-state index contributed by atoms with van der Waals surface area (Å²) in [7, 11) is 1.36. The topological polar surface area (TPSA) is 81.4 Å². The van der Waals surface area contributed by atoms with E-state index in [4.69, 9.17) is 10.5 Å². The maximum atomic E-state index is 12.1. The quantitative estimate of drug-likeness (QED) is 0.676. The van der Waals surface area contributed by atoms with Crippen LogP contribution in [0.25, 0.3) is 10.8 Å². The number of carbonyl (C=O) groups excluding carboxylic acids is 2. The molecule has 0 aliphatic rings. The van der Waals surface area contributed by atoms with E-state index in [1.54, 1.807) is 0 Å². The molecular weight excluding hydrogens is 364 g/mol. The van der Waals surface area contributed by atoms with Gasteiger partial charge in [0.15, 0.2) is 0 Å². The van der Waals surface area contributed by atoms with Crippen LogP contribution in [-0.4, -0.2) is 31.6 Å². The zero-order valence-electron chi connectivity index (χ0n) is 16.1. The van der Waals surface area contributed by atoms with Gasteiger partial charge in [0.25, 0.3) is 0 Å². The lowest BCUT2D eigenvalue weighted by Crippen LogP contribution is -2.44. The lowest BCUT2D eigenvalue weighted by atomic mass is 9.96. The van der Waals surface area contributed by atoms with Gasteiger partial charge in [0, 0.05) is 6.54 Å². The number of halogens is 1. The minimum absolute atomic E-state index is 0. The van der Waals surface area contributed by atoms with E-state index in [-0.39, 0.29) is 30.8 Å². The molecule has 0 heterocycles. The van der Waals surface area contributed by atoms with Crippen molar-refractivity contribution in [3.05, 3.63) is 48.0 Å². The maximum absolute atomic E-state index is 12.1. The third-order valence-electron chi connectivity index (χ3n) is 4.42. The molecule has 3 N–H and O–H groups in total. The van der Waals surface area contributed by atoms with Gasteiger partial charge >= 0.3 is 5.97 Å². The van der Waals surface area contributed by atoms with Crippen molar-refractivity contribution in [2.45, 2.75) is 32.7 Å². The molecule has 27 heavy (non-hydrogen) atoms. The van der Waals surface area contributed by atoms with Gasteiger partial charge in [-0.25, -0.2) is 0 Å². The van der Waals surface area contributed by atoms with Crippen molar-refractivity contribution < 1.29 is 14.3 Å². The zero-order valence-corrected chi connectivity index (χ0v) is 16.9. The molecule has 2 atom stereocenters. The highest BCUT2D eigenvalue weighted by Crippen LogP contribution is 2.18. The Kier molecular flexibility index (Phi) is 9.26. The van der Waals surface area contributed by atoms with Crippen LogP contribution in [0.1, 0.15) is 25.8 Å². The molecule has 0 fully saturated rings. The second-order valence-corrected chi connectivity index (χ2v) is 7.09. The molecule has 2 rings (SSSR count). The van der Waals surface area contributed by atoms with E-state index in [9.17, 15) is 9.59 Å². The fraction of sp³-hybridized carbons (Fsp3) is 0.429. The first-order chi connectivity index (χ1) is 12.4. The van der Waals surface area contributed by atoms with E-state index < -0.39 is 12.0 Å². The molecule has 0 aliphatic heterocycles. The number of rotatable bonds is 8. The summed E-state index contributed by atoms with van der Waals surface area (Å²) >= 11 is 0. The first kappa shape index (κ1) is 22.9. The number of amides is 1. The largest absolute Gasteiger partial charge is 0.469 e. The molecule has 0 aliphatic carbocycles. The van der Waals surface area contributed by atoms with E-state index in [0.717, 1.165) is 16.3 Å². The average molecular weight is 393 g/mol. The highest BCUT2D eigenvalue weighted by Gasteiger charge is 2.22. The second kappa shape index (κ2) is 10.9. The van der Waals surface area contributed by atoms with Crippen LogP contribution in [0.3, 0.4) is 0 Å². The van der Waals surface area contributed by atoms with Crippen LogP contribution in [0.15, 0.2) is 42.5 Å². The van der Waals surface area contributed by atoms with Crippen LogP contribution >= 0.6 is 12.4 Å². The number of benzene rings is 2. The van der Waals surface area contributed by atoms with Crippen molar-refractivity contribution in [3.8, 4) is 0 Å². The van der Waals surface area contributed by atoms with Crippen molar-refractivity contribution >= 4 is 35.1 Å². The number of hydrogen-bond donors (Lipinski definition) is 2. The van der Waals surface area contributed by atoms with Crippen LogP contribution in [0, 0.1) is 11.8 Å². The van der Waals surface area contributed by atoms with Gasteiger partial charge in [-0.2, -0.15) is 0 Å². The highest BCUT2D eigenvalue weighted by atomic mass is 35.5. The van der Waals surface area contributed by atoms with Crippen molar-refractivity contribution in [3.63, 3.8) is 0 Å². The summed E-state index contributed by atoms with van der Waals surface area (Å²) in [5.41, 5.74) is 6.93. The lowest BCUT2D eigenvalue weighted by Gasteiger charge is -2.18. The second-order valence-electron chi connectivity index (χ2n) is 7.09. The van der Waals surface area contributed by atoms with Gasteiger partial charge in [0.1, 0.15) is 0 Å². The summed E-state index contributed by atoms with van der Waals surface area (Å²) in [6.07, 6.45) is 1.11. The van der Waals surface area contributed by atoms with Crippen LogP contribution < -0.4 is 11.1 Å². The Morgan fingerprint density at radius 3 is 2.41 bits per heavy atom. The van der Waals surface area contributed by atoms with Gasteiger partial charge in [0.2, 0.25) is 5.91 Å². The van der Waals surface area contributed by atoms with Crippen LogP contribution in [-0.2, 0) is 20.7 Å². The van der Waals surface area contributed by atoms with Gasteiger partial charge in [0.05, 0.1) is 19.1 Å². The minimum atomic E-state index is -0.561. The molecule has 6 heteroatoms. The number of nitrogens with one attached hydrogen (secondary N) is 1. The maximum Gasteiger partial charge on any atom is 0.310 e. The molecule has 0 radical (unpaired) electrons. The van der Waals surface area contributed by atoms with Crippen LogP contribution in [0.2, 0.25) is 0 Å². The molecule has 5 nitrogen and oxygen atoms in total. The summed E-state index contributed by atoms with van der Waals surface area (Å²) in [6.45, 7) is 4.25. The zero-order chi connectivity index (χ0) is 19.1. The molecule has 0 saturated carbocycles. The third kappa shape index (κ3) is 6.85. The third-order valence-corrected chi connectivity index (χ3v) is 4.42. The Hall–Kier alpha value is -2.11. The van der Waals surface area contributed by atoms with E-state index in [1.807, 2.05) is 50.2 Å². The van der Waals surface area contributed by atoms with E-state index in [1.165, 1.54) is 7.11 Å².